The SMILES string of the molecule is Nc1c(C(=O)NCc2cccnc2)sc2nc(-c3ccccc3Cl)cc(C(F)F)c12. The second kappa shape index (κ2) is 8.33. The van der Waals surface area contributed by atoms with Crippen molar-refractivity contribution in [3.05, 3.63) is 75.9 Å². The fraction of sp³-hybridized carbons (Fsp3) is 0.0952. The van der Waals surface area contributed by atoms with E-state index in [1.54, 1.807) is 42.7 Å². The molecule has 0 aliphatic heterocycles. The monoisotopic (exact) mass is 444 g/mol. The number of rotatable bonds is 5. The summed E-state index contributed by atoms with van der Waals surface area (Å²) < 4.78 is 27.7. The molecule has 0 aliphatic carbocycles. The molecule has 0 atom stereocenters. The maximum atomic E-state index is 13.8. The summed E-state index contributed by atoms with van der Waals surface area (Å²) in [4.78, 5) is 21.5. The normalized spacial score (nSPS) is 11.2. The Morgan fingerprint density at radius 2 is 2.03 bits per heavy atom. The molecule has 0 spiro atoms. The van der Waals surface area contributed by atoms with E-state index in [0.29, 0.717) is 16.3 Å². The summed E-state index contributed by atoms with van der Waals surface area (Å²) in [6.45, 7) is 0.236. The van der Waals surface area contributed by atoms with Gasteiger partial charge < -0.3 is 11.1 Å². The molecule has 0 bridgehead atoms. The van der Waals surface area contributed by atoms with Crippen molar-refractivity contribution < 1.29 is 13.6 Å². The van der Waals surface area contributed by atoms with Crippen LogP contribution in [0.15, 0.2) is 54.9 Å². The van der Waals surface area contributed by atoms with Crippen molar-refractivity contribution >= 4 is 44.7 Å². The molecular formula is C21H15ClF2N4OS. The Hall–Kier alpha value is -3.10. The van der Waals surface area contributed by atoms with Gasteiger partial charge in [0, 0.05) is 40.5 Å². The van der Waals surface area contributed by atoms with Gasteiger partial charge in [-0.15, -0.1) is 11.3 Å². The molecule has 0 saturated carbocycles. The number of aromatic nitrogens is 2. The molecule has 30 heavy (non-hydrogen) atoms. The van der Waals surface area contributed by atoms with Crippen LogP contribution in [0.5, 0.6) is 0 Å². The molecule has 0 saturated heterocycles. The summed E-state index contributed by atoms with van der Waals surface area (Å²) >= 11 is 7.18. The van der Waals surface area contributed by atoms with Gasteiger partial charge in [0.15, 0.2) is 0 Å². The summed E-state index contributed by atoms with van der Waals surface area (Å²) in [5.41, 5.74) is 7.44. The third kappa shape index (κ3) is 3.83. The highest BCUT2D eigenvalue weighted by Gasteiger charge is 2.24. The van der Waals surface area contributed by atoms with Crippen molar-refractivity contribution in [2.75, 3.05) is 5.73 Å². The number of nitrogens with one attached hydrogen (secondary N) is 1. The number of carbonyl (C=O) groups excluding carboxylic acids is 1. The number of pyridine rings is 2. The van der Waals surface area contributed by atoms with Crippen LogP contribution in [-0.4, -0.2) is 15.9 Å². The van der Waals surface area contributed by atoms with E-state index < -0.39 is 12.3 Å². The van der Waals surface area contributed by atoms with E-state index in [0.717, 1.165) is 16.9 Å². The second-order valence-corrected chi connectivity index (χ2v) is 7.85. The van der Waals surface area contributed by atoms with Crippen LogP contribution in [0.3, 0.4) is 0 Å². The fourth-order valence-electron chi connectivity index (χ4n) is 3.06. The zero-order valence-electron chi connectivity index (χ0n) is 15.4. The molecule has 152 valence electrons. The first kappa shape index (κ1) is 20.2. The predicted molar refractivity (Wildman–Crippen MR) is 115 cm³/mol. The maximum absolute atomic E-state index is 13.8. The van der Waals surface area contributed by atoms with Crippen molar-refractivity contribution in [1.29, 1.82) is 0 Å². The summed E-state index contributed by atoms with van der Waals surface area (Å²) in [5.74, 6) is -0.459. The van der Waals surface area contributed by atoms with Crippen molar-refractivity contribution in [1.82, 2.24) is 15.3 Å². The van der Waals surface area contributed by atoms with E-state index in [4.69, 9.17) is 17.3 Å². The van der Waals surface area contributed by atoms with Crippen LogP contribution < -0.4 is 11.1 Å². The Bertz CT molecular complexity index is 1230. The van der Waals surface area contributed by atoms with Gasteiger partial charge in [-0.05, 0) is 23.8 Å². The number of halogens is 3. The highest BCUT2D eigenvalue weighted by atomic mass is 35.5. The van der Waals surface area contributed by atoms with Gasteiger partial charge in [-0.1, -0.05) is 35.9 Å². The molecule has 3 N–H and O–H groups in total. The average molecular weight is 445 g/mol. The zero-order valence-corrected chi connectivity index (χ0v) is 17.0. The molecular weight excluding hydrogens is 430 g/mol. The van der Waals surface area contributed by atoms with Crippen molar-refractivity contribution in [2.24, 2.45) is 0 Å². The molecule has 5 nitrogen and oxygen atoms in total. The molecule has 3 aromatic heterocycles. The number of carbonyl (C=O) groups is 1. The first-order valence-electron chi connectivity index (χ1n) is 8.88. The Kier molecular flexibility index (Phi) is 5.61. The number of anilines is 1. The molecule has 9 heteroatoms. The van der Waals surface area contributed by atoms with E-state index in [2.05, 4.69) is 15.3 Å². The number of alkyl halides is 2. The van der Waals surface area contributed by atoms with E-state index in [9.17, 15) is 13.6 Å². The average Bonchev–Trinajstić information content (AvgIpc) is 3.09. The van der Waals surface area contributed by atoms with Crippen molar-refractivity contribution in [3.63, 3.8) is 0 Å². The van der Waals surface area contributed by atoms with Crippen molar-refractivity contribution in [2.45, 2.75) is 13.0 Å². The number of amides is 1. The second-order valence-electron chi connectivity index (χ2n) is 6.45. The van der Waals surface area contributed by atoms with E-state index in [-0.39, 0.29) is 32.9 Å². The topological polar surface area (TPSA) is 80.9 Å². The molecule has 4 aromatic rings. The van der Waals surface area contributed by atoms with Gasteiger partial charge in [0.25, 0.3) is 12.3 Å². The van der Waals surface area contributed by atoms with Gasteiger partial charge in [-0.25, -0.2) is 13.8 Å². The highest BCUT2D eigenvalue weighted by Crippen LogP contribution is 2.41. The van der Waals surface area contributed by atoms with Crippen LogP contribution in [0.25, 0.3) is 21.5 Å². The minimum absolute atomic E-state index is 0.00723. The summed E-state index contributed by atoms with van der Waals surface area (Å²) in [7, 11) is 0. The molecule has 0 radical (unpaired) electrons. The van der Waals surface area contributed by atoms with E-state index in [1.807, 2.05) is 6.07 Å². The molecule has 0 unspecified atom stereocenters. The molecule has 0 aliphatic rings. The third-order valence-corrected chi connectivity index (χ3v) is 5.92. The van der Waals surface area contributed by atoms with Crippen LogP contribution in [0.1, 0.15) is 27.2 Å². The van der Waals surface area contributed by atoms with Gasteiger partial charge in [-0.3, -0.25) is 9.78 Å². The lowest BCUT2D eigenvalue weighted by molar-refractivity contribution is 0.0955. The molecule has 3 heterocycles. The Labute approximate surface area is 179 Å². The van der Waals surface area contributed by atoms with Gasteiger partial charge in [0.2, 0.25) is 0 Å². The summed E-state index contributed by atoms with van der Waals surface area (Å²) in [6, 6.07) is 11.7. The van der Waals surface area contributed by atoms with Crippen LogP contribution >= 0.6 is 22.9 Å². The Balaban J connectivity index is 1.76. The fourth-order valence-corrected chi connectivity index (χ4v) is 4.34. The summed E-state index contributed by atoms with van der Waals surface area (Å²) in [6.07, 6.45) is 0.463. The van der Waals surface area contributed by atoms with E-state index >= 15 is 0 Å². The third-order valence-electron chi connectivity index (χ3n) is 4.50. The zero-order chi connectivity index (χ0) is 21.3. The number of benzene rings is 1. The molecule has 1 amide bonds. The minimum atomic E-state index is -2.79. The van der Waals surface area contributed by atoms with Crippen LogP contribution in [-0.2, 0) is 6.54 Å². The smallest absolute Gasteiger partial charge is 0.264 e. The lowest BCUT2D eigenvalue weighted by Crippen LogP contribution is -2.22. The van der Waals surface area contributed by atoms with Crippen molar-refractivity contribution in [3.8, 4) is 11.3 Å². The number of hydrogen-bond acceptors (Lipinski definition) is 5. The molecule has 0 fully saturated rings. The van der Waals surface area contributed by atoms with Gasteiger partial charge >= 0.3 is 0 Å². The van der Waals surface area contributed by atoms with Crippen LogP contribution in [0.2, 0.25) is 5.02 Å². The number of nitrogens with two attached hydrogens (primary N) is 1. The maximum Gasteiger partial charge on any atom is 0.264 e. The lowest BCUT2D eigenvalue weighted by atomic mass is 10.1. The first-order valence-corrected chi connectivity index (χ1v) is 10.1. The minimum Gasteiger partial charge on any atom is -0.397 e. The van der Waals surface area contributed by atoms with Crippen LogP contribution in [0.4, 0.5) is 14.5 Å². The Morgan fingerprint density at radius 1 is 1.23 bits per heavy atom. The molecule has 4 rings (SSSR count). The Morgan fingerprint density at radius 3 is 2.73 bits per heavy atom. The quantitative estimate of drug-likeness (QED) is 0.428. The van der Waals surface area contributed by atoms with Crippen LogP contribution in [0, 0.1) is 0 Å². The first-order chi connectivity index (χ1) is 14.5. The molecule has 1 aromatic carbocycles. The predicted octanol–water partition coefficient (Wildman–Crippen LogP) is 5.46. The van der Waals surface area contributed by atoms with Gasteiger partial charge in [0.1, 0.15) is 9.71 Å². The number of hydrogen-bond donors (Lipinski definition) is 2. The largest absolute Gasteiger partial charge is 0.397 e. The standard InChI is InChI=1S/C21H15ClF2N4OS/c22-14-6-2-1-5-12(14)15-8-13(19(23)24)16-17(25)18(30-21(16)28-15)20(29)27-10-11-4-3-7-26-9-11/h1-9,19H,10,25H2,(H,27,29). The number of fused-ring (bicyclic) bond motifs is 1. The van der Waals surface area contributed by atoms with Gasteiger partial charge in [0.05, 0.1) is 11.4 Å². The summed E-state index contributed by atoms with van der Waals surface area (Å²) in [5, 5.41) is 3.22. The highest BCUT2D eigenvalue weighted by molar-refractivity contribution is 7.21. The number of thiophene rings is 1. The number of nitrogen functional groups attached to an aromatic ring is 1. The van der Waals surface area contributed by atoms with E-state index in [1.165, 1.54) is 6.07 Å². The lowest BCUT2D eigenvalue weighted by Gasteiger charge is -2.08. The van der Waals surface area contributed by atoms with Gasteiger partial charge in [-0.2, -0.15) is 0 Å². The number of nitrogens with zero attached hydrogens (tertiary/aromatic N) is 2.